The van der Waals surface area contributed by atoms with Gasteiger partial charge >= 0.3 is 0 Å². The molecule has 0 aromatic heterocycles. The van der Waals surface area contributed by atoms with E-state index in [0.29, 0.717) is 11.5 Å². The molecule has 0 spiro atoms. The number of halogens is 1. The van der Waals surface area contributed by atoms with Gasteiger partial charge in [0.15, 0.2) is 0 Å². The molecule has 0 saturated carbocycles. The second-order valence-corrected chi connectivity index (χ2v) is 8.91. The van der Waals surface area contributed by atoms with E-state index in [2.05, 4.69) is 15.9 Å². The Kier molecular flexibility index (Phi) is 7.58. The first-order valence-corrected chi connectivity index (χ1v) is 10.4. The van der Waals surface area contributed by atoms with Gasteiger partial charge in [0.05, 0.1) is 29.0 Å². The smallest absolute Gasteiger partial charge is 0.103 e. The zero-order valence-electron chi connectivity index (χ0n) is 13.7. The van der Waals surface area contributed by atoms with Crippen LogP contribution in [0, 0.1) is 4.78 Å². The van der Waals surface area contributed by atoms with Gasteiger partial charge in [-0.15, -0.1) is 0 Å². The molecule has 0 aliphatic heterocycles. The first kappa shape index (κ1) is 20.1. The number of nitrogens with one attached hydrogen (secondary N) is 1. The fourth-order valence-electron chi connectivity index (χ4n) is 2.25. The molecule has 0 fully saturated rings. The van der Waals surface area contributed by atoms with Crippen LogP contribution >= 0.6 is 15.9 Å². The van der Waals surface area contributed by atoms with Gasteiger partial charge in [-0.1, -0.05) is 52.3 Å². The molecule has 0 heterocycles. The predicted octanol–water partition coefficient (Wildman–Crippen LogP) is 3.18. The Hall–Kier alpha value is -1.25. The van der Waals surface area contributed by atoms with Gasteiger partial charge in [0.1, 0.15) is 6.10 Å². The molecule has 7 heteroatoms. The van der Waals surface area contributed by atoms with Crippen molar-refractivity contribution in [1.29, 1.82) is 4.78 Å². The molecule has 0 aliphatic rings. The first-order chi connectivity index (χ1) is 11.9. The van der Waals surface area contributed by atoms with Crippen LogP contribution in [-0.2, 0) is 21.1 Å². The molecule has 3 atom stereocenters. The van der Waals surface area contributed by atoms with Crippen LogP contribution in [0.4, 0.5) is 0 Å². The van der Waals surface area contributed by atoms with Crippen molar-refractivity contribution in [2.24, 2.45) is 0 Å². The van der Waals surface area contributed by atoms with Gasteiger partial charge in [-0.25, -0.2) is 8.99 Å². The minimum absolute atomic E-state index is 0.0217. The highest BCUT2D eigenvalue weighted by Crippen LogP contribution is 2.19. The summed E-state index contributed by atoms with van der Waals surface area (Å²) in [6.45, 7) is 0.323. The van der Waals surface area contributed by atoms with Crippen molar-refractivity contribution in [3.8, 4) is 0 Å². The minimum Gasteiger partial charge on any atom is -0.390 e. The number of hydrogen-bond donors (Lipinski definition) is 3. The summed E-state index contributed by atoms with van der Waals surface area (Å²) in [4.78, 5) is 0.406. The van der Waals surface area contributed by atoms with Crippen molar-refractivity contribution in [1.82, 2.24) is 0 Å². The molecule has 0 radical (unpaired) electrons. The zero-order valence-corrected chi connectivity index (χ0v) is 16.1. The van der Waals surface area contributed by atoms with Crippen LogP contribution in [-0.4, -0.2) is 39.0 Å². The highest BCUT2D eigenvalue weighted by atomic mass is 79.9. The summed E-state index contributed by atoms with van der Waals surface area (Å²) in [5.74, 6) is -0.0274. The van der Waals surface area contributed by atoms with Crippen molar-refractivity contribution in [2.45, 2.75) is 30.1 Å². The van der Waals surface area contributed by atoms with Crippen molar-refractivity contribution >= 4 is 25.7 Å². The summed E-state index contributed by atoms with van der Waals surface area (Å²) in [6, 6.07) is 16.3. The molecule has 2 aromatic rings. The lowest BCUT2D eigenvalue weighted by molar-refractivity contribution is -0.0426. The van der Waals surface area contributed by atoms with Crippen LogP contribution in [0.25, 0.3) is 0 Å². The third kappa shape index (κ3) is 6.52. The molecule has 1 unspecified atom stereocenters. The maximum absolute atomic E-state index is 12.5. The van der Waals surface area contributed by atoms with E-state index >= 15 is 0 Å². The van der Waals surface area contributed by atoms with Gasteiger partial charge in [-0.3, -0.25) is 0 Å². The van der Waals surface area contributed by atoms with Gasteiger partial charge in [-0.2, -0.15) is 0 Å². The SMILES string of the molecule is N=S(=O)(CC[C@@H](O)[C@@H](O)COCc1ccccc1)c1cccc(Br)c1. The molecule has 3 N–H and O–H groups in total. The van der Waals surface area contributed by atoms with Gasteiger partial charge in [0, 0.05) is 15.1 Å². The molecule has 25 heavy (non-hydrogen) atoms. The maximum atomic E-state index is 12.5. The summed E-state index contributed by atoms with van der Waals surface area (Å²) >= 11 is 3.29. The van der Waals surface area contributed by atoms with Gasteiger partial charge in [0.25, 0.3) is 0 Å². The molecule has 136 valence electrons. The monoisotopic (exact) mass is 427 g/mol. The Balaban J connectivity index is 1.79. The van der Waals surface area contributed by atoms with E-state index in [9.17, 15) is 14.4 Å². The summed E-state index contributed by atoms with van der Waals surface area (Å²) in [7, 11) is -3.02. The normalized spacial score (nSPS) is 16.1. The van der Waals surface area contributed by atoms with Crippen LogP contribution in [0.2, 0.25) is 0 Å². The predicted molar refractivity (Wildman–Crippen MR) is 101 cm³/mol. The third-order valence-electron chi connectivity index (χ3n) is 3.72. The quantitative estimate of drug-likeness (QED) is 0.572. The van der Waals surface area contributed by atoms with E-state index in [-0.39, 0.29) is 18.8 Å². The Labute approximate surface area is 156 Å². The molecule has 2 aromatic carbocycles. The van der Waals surface area contributed by atoms with Crippen LogP contribution in [0.3, 0.4) is 0 Å². The van der Waals surface area contributed by atoms with Crippen LogP contribution in [0.1, 0.15) is 12.0 Å². The Morgan fingerprint density at radius 2 is 1.80 bits per heavy atom. The summed E-state index contributed by atoms with van der Waals surface area (Å²) in [5, 5.41) is 20.0. The largest absolute Gasteiger partial charge is 0.390 e. The van der Waals surface area contributed by atoms with Crippen molar-refractivity contribution in [3.63, 3.8) is 0 Å². The Morgan fingerprint density at radius 1 is 1.08 bits per heavy atom. The number of ether oxygens (including phenoxy) is 1. The Bertz CT molecular complexity index is 768. The molecule has 2 rings (SSSR count). The molecule has 0 bridgehead atoms. The van der Waals surface area contributed by atoms with Gasteiger partial charge in [0.2, 0.25) is 0 Å². The molecular weight excluding hydrogens is 406 g/mol. The number of benzene rings is 2. The molecule has 5 nitrogen and oxygen atoms in total. The zero-order chi connectivity index (χ0) is 18.3. The highest BCUT2D eigenvalue weighted by molar-refractivity contribution is 9.10. The van der Waals surface area contributed by atoms with E-state index in [0.717, 1.165) is 10.0 Å². The van der Waals surface area contributed by atoms with Crippen LogP contribution < -0.4 is 0 Å². The fraction of sp³-hybridized carbons (Fsp3) is 0.333. The second kappa shape index (κ2) is 9.45. The van der Waals surface area contributed by atoms with Crippen LogP contribution in [0.5, 0.6) is 0 Å². The van der Waals surface area contributed by atoms with Crippen molar-refractivity contribution < 1.29 is 19.2 Å². The lowest BCUT2D eigenvalue weighted by Gasteiger charge is -2.18. The molecule has 0 saturated heterocycles. The van der Waals surface area contributed by atoms with Gasteiger partial charge < -0.3 is 14.9 Å². The van der Waals surface area contributed by atoms with Crippen LogP contribution in [0.15, 0.2) is 64.0 Å². The van der Waals surface area contributed by atoms with Gasteiger partial charge in [-0.05, 0) is 30.2 Å². The number of aliphatic hydroxyl groups is 2. The maximum Gasteiger partial charge on any atom is 0.103 e. The van der Waals surface area contributed by atoms with E-state index in [1.54, 1.807) is 24.3 Å². The average molecular weight is 428 g/mol. The lowest BCUT2D eigenvalue weighted by atomic mass is 10.1. The highest BCUT2D eigenvalue weighted by Gasteiger charge is 2.20. The molecule has 0 amide bonds. The summed E-state index contributed by atoms with van der Waals surface area (Å²) < 4.78 is 26.7. The average Bonchev–Trinajstić information content (AvgIpc) is 2.60. The van der Waals surface area contributed by atoms with E-state index in [1.807, 2.05) is 30.3 Å². The molecule has 0 aliphatic carbocycles. The number of aliphatic hydroxyl groups excluding tert-OH is 2. The first-order valence-electron chi connectivity index (χ1n) is 7.88. The second-order valence-electron chi connectivity index (χ2n) is 5.76. The third-order valence-corrected chi connectivity index (χ3v) is 6.04. The van der Waals surface area contributed by atoms with Crippen molar-refractivity contribution in [2.75, 3.05) is 12.4 Å². The summed E-state index contributed by atoms with van der Waals surface area (Å²) in [5.41, 5.74) is 0.980. The standard InChI is InChI=1S/C18H22BrNO4S/c19-15-7-4-8-16(11-15)25(20,23)10-9-17(21)18(22)13-24-12-14-5-2-1-3-6-14/h1-8,11,17-18,20-22H,9-10,12-13H2/t17-,18+,25?/m1/s1. The lowest BCUT2D eigenvalue weighted by Crippen LogP contribution is -2.32. The van der Waals surface area contributed by atoms with E-state index in [1.165, 1.54) is 0 Å². The van der Waals surface area contributed by atoms with E-state index in [4.69, 9.17) is 9.52 Å². The summed E-state index contributed by atoms with van der Waals surface area (Å²) in [6.07, 6.45) is -2.11. The number of hydrogen-bond acceptors (Lipinski definition) is 5. The van der Waals surface area contributed by atoms with Crippen molar-refractivity contribution in [3.05, 3.63) is 64.6 Å². The topological polar surface area (TPSA) is 90.6 Å². The number of rotatable bonds is 9. The Morgan fingerprint density at radius 3 is 2.48 bits per heavy atom. The molecular formula is C18H22BrNO4S. The van der Waals surface area contributed by atoms with E-state index < -0.39 is 21.9 Å². The minimum atomic E-state index is -3.02. The fourth-order valence-corrected chi connectivity index (χ4v) is 4.23.